The number of thiazole rings is 1. The molecule has 1 fully saturated rings. The number of carbonyl (C=O) groups is 1. The van der Waals surface area contributed by atoms with Crippen LogP contribution in [0.2, 0.25) is 0 Å². The number of nitrogens with one attached hydrogen (secondary N) is 1. The Kier molecular flexibility index (Phi) is 6.44. The average Bonchev–Trinajstić information content (AvgIpc) is 3.58. The number of hydrogen-bond acceptors (Lipinski definition) is 7. The molecule has 1 saturated heterocycles. The van der Waals surface area contributed by atoms with Crippen molar-refractivity contribution in [2.45, 2.75) is 19.3 Å². The summed E-state index contributed by atoms with van der Waals surface area (Å²) in [6, 6.07) is 17.7. The van der Waals surface area contributed by atoms with Crippen molar-refractivity contribution in [3.05, 3.63) is 71.9 Å². The highest BCUT2D eigenvalue weighted by Gasteiger charge is 2.26. The minimum absolute atomic E-state index is 0.0550. The third-order valence-electron chi connectivity index (χ3n) is 5.79. The van der Waals surface area contributed by atoms with Crippen molar-refractivity contribution in [3.8, 4) is 22.0 Å². The Hall–Kier alpha value is -3.52. The second-order valence-electron chi connectivity index (χ2n) is 8.09. The van der Waals surface area contributed by atoms with Gasteiger partial charge in [0, 0.05) is 37.0 Å². The van der Waals surface area contributed by atoms with Crippen LogP contribution in [0.3, 0.4) is 0 Å². The van der Waals surface area contributed by atoms with Crippen LogP contribution >= 0.6 is 11.3 Å². The molecule has 5 rings (SSSR count). The van der Waals surface area contributed by atoms with Crippen LogP contribution in [0.15, 0.2) is 70.7 Å². The van der Waals surface area contributed by atoms with E-state index in [1.165, 1.54) is 0 Å². The number of aromatic nitrogens is 3. The standard InChI is InChI=1S/C25H25N5O2S/c31-24(26-13-12-20-17-33-25(27-20)18-6-2-1-3-7-18)19-8-4-14-30(16-19)23-11-10-21(28-29-23)22-9-5-15-32-22/h1-3,5-7,9-11,15,17,19H,4,8,12-14,16H2,(H,26,31). The van der Waals surface area contributed by atoms with Gasteiger partial charge in [-0.05, 0) is 37.1 Å². The Morgan fingerprint density at radius 3 is 2.82 bits per heavy atom. The maximum atomic E-state index is 12.8. The highest BCUT2D eigenvalue weighted by molar-refractivity contribution is 7.13. The molecule has 7 nitrogen and oxygen atoms in total. The number of benzene rings is 1. The van der Waals surface area contributed by atoms with E-state index in [4.69, 9.17) is 9.40 Å². The molecule has 0 bridgehead atoms. The lowest BCUT2D eigenvalue weighted by Gasteiger charge is -2.32. The van der Waals surface area contributed by atoms with Gasteiger partial charge in [-0.1, -0.05) is 30.3 Å². The van der Waals surface area contributed by atoms with Crippen molar-refractivity contribution in [1.29, 1.82) is 0 Å². The van der Waals surface area contributed by atoms with E-state index < -0.39 is 0 Å². The zero-order valence-electron chi connectivity index (χ0n) is 18.2. The minimum Gasteiger partial charge on any atom is -0.463 e. The van der Waals surface area contributed by atoms with Crippen molar-refractivity contribution in [1.82, 2.24) is 20.5 Å². The first-order valence-electron chi connectivity index (χ1n) is 11.2. The lowest BCUT2D eigenvalue weighted by Crippen LogP contribution is -2.43. The molecule has 1 atom stereocenters. The molecule has 8 heteroatoms. The molecule has 1 amide bonds. The molecular weight excluding hydrogens is 434 g/mol. The van der Waals surface area contributed by atoms with Gasteiger partial charge in [-0.15, -0.1) is 21.5 Å². The Bertz CT molecular complexity index is 1180. The van der Waals surface area contributed by atoms with Gasteiger partial charge < -0.3 is 14.6 Å². The van der Waals surface area contributed by atoms with E-state index in [-0.39, 0.29) is 11.8 Å². The molecule has 0 aliphatic carbocycles. The van der Waals surface area contributed by atoms with Gasteiger partial charge in [0.05, 0.1) is 17.9 Å². The Balaban J connectivity index is 1.13. The van der Waals surface area contributed by atoms with Crippen molar-refractivity contribution >= 4 is 23.1 Å². The smallest absolute Gasteiger partial charge is 0.224 e. The van der Waals surface area contributed by atoms with Gasteiger partial charge >= 0.3 is 0 Å². The van der Waals surface area contributed by atoms with Crippen molar-refractivity contribution in [2.24, 2.45) is 5.92 Å². The molecule has 1 aliphatic heterocycles. The fourth-order valence-electron chi connectivity index (χ4n) is 4.04. The molecule has 4 heterocycles. The van der Waals surface area contributed by atoms with Crippen LogP contribution in [0.5, 0.6) is 0 Å². The lowest BCUT2D eigenvalue weighted by atomic mass is 9.97. The quantitative estimate of drug-likeness (QED) is 0.440. The minimum atomic E-state index is -0.0550. The maximum absolute atomic E-state index is 12.8. The molecule has 4 aromatic rings. The highest BCUT2D eigenvalue weighted by atomic mass is 32.1. The molecule has 0 spiro atoms. The molecule has 3 aromatic heterocycles. The lowest BCUT2D eigenvalue weighted by molar-refractivity contribution is -0.125. The Morgan fingerprint density at radius 2 is 2.03 bits per heavy atom. The number of nitrogens with zero attached hydrogens (tertiary/aromatic N) is 4. The number of anilines is 1. The monoisotopic (exact) mass is 459 g/mol. The summed E-state index contributed by atoms with van der Waals surface area (Å²) in [7, 11) is 0. The van der Waals surface area contributed by atoms with Crippen LogP contribution in [0, 0.1) is 5.92 Å². The summed E-state index contributed by atoms with van der Waals surface area (Å²) in [5.41, 5.74) is 2.84. The van der Waals surface area contributed by atoms with Gasteiger partial charge in [-0.2, -0.15) is 0 Å². The van der Waals surface area contributed by atoms with Crippen LogP contribution in [0.4, 0.5) is 5.82 Å². The summed E-state index contributed by atoms with van der Waals surface area (Å²) >= 11 is 1.64. The molecule has 168 valence electrons. The fraction of sp³-hybridized carbons (Fsp3) is 0.280. The number of hydrogen-bond donors (Lipinski definition) is 1. The SMILES string of the molecule is O=C(NCCc1csc(-c2ccccc2)n1)C1CCCN(c2ccc(-c3ccco3)nn2)C1. The number of piperidine rings is 1. The zero-order valence-corrected chi connectivity index (χ0v) is 19.0. The molecular formula is C25H25N5O2S. The van der Waals surface area contributed by atoms with Crippen LogP contribution in [0.1, 0.15) is 18.5 Å². The van der Waals surface area contributed by atoms with Crippen LogP contribution < -0.4 is 10.2 Å². The van der Waals surface area contributed by atoms with Gasteiger partial charge in [0.2, 0.25) is 5.91 Å². The van der Waals surface area contributed by atoms with Crippen molar-refractivity contribution in [2.75, 3.05) is 24.5 Å². The third-order valence-corrected chi connectivity index (χ3v) is 6.73. The van der Waals surface area contributed by atoms with E-state index in [2.05, 4.69) is 37.9 Å². The Labute approximate surface area is 196 Å². The first-order valence-corrected chi connectivity index (χ1v) is 12.0. The van der Waals surface area contributed by atoms with E-state index in [0.717, 1.165) is 47.9 Å². The molecule has 1 aliphatic rings. The molecule has 0 radical (unpaired) electrons. The zero-order chi connectivity index (χ0) is 22.5. The molecule has 33 heavy (non-hydrogen) atoms. The third kappa shape index (κ3) is 5.12. The number of carbonyl (C=O) groups excluding carboxylic acids is 1. The largest absolute Gasteiger partial charge is 0.463 e. The molecule has 1 unspecified atom stereocenters. The number of amides is 1. The topological polar surface area (TPSA) is 84.2 Å². The average molecular weight is 460 g/mol. The van der Waals surface area contributed by atoms with Gasteiger partial charge in [0.1, 0.15) is 10.7 Å². The van der Waals surface area contributed by atoms with E-state index in [1.54, 1.807) is 17.6 Å². The Morgan fingerprint density at radius 1 is 1.12 bits per heavy atom. The summed E-state index contributed by atoms with van der Waals surface area (Å²) in [5, 5.41) is 14.8. The van der Waals surface area contributed by atoms with Crippen LogP contribution in [0.25, 0.3) is 22.0 Å². The van der Waals surface area contributed by atoms with Gasteiger partial charge in [0.25, 0.3) is 0 Å². The highest BCUT2D eigenvalue weighted by Crippen LogP contribution is 2.25. The number of furan rings is 1. The van der Waals surface area contributed by atoms with E-state index >= 15 is 0 Å². The van der Waals surface area contributed by atoms with E-state index in [1.807, 2.05) is 42.5 Å². The second kappa shape index (κ2) is 9.95. The first-order chi connectivity index (χ1) is 16.3. The van der Waals surface area contributed by atoms with Crippen LogP contribution in [-0.2, 0) is 11.2 Å². The van der Waals surface area contributed by atoms with E-state index in [9.17, 15) is 4.79 Å². The van der Waals surface area contributed by atoms with Gasteiger partial charge in [-0.25, -0.2) is 4.98 Å². The van der Waals surface area contributed by atoms with Gasteiger partial charge in [0.15, 0.2) is 11.6 Å². The molecule has 0 saturated carbocycles. The van der Waals surface area contributed by atoms with Crippen molar-refractivity contribution in [3.63, 3.8) is 0 Å². The summed E-state index contributed by atoms with van der Waals surface area (Å²) in [4.78, 5) is 19.6. The first kappa shape index (κ1) is 21.3. The van der Waals surface area contributed by atoms with Gasteiger partial charge in [-0.3, -0.25) is 4.79 Å². The van der Waals surface area contributed by atoms with E-state index in [0.29, 0.717) is 24.5 Å². The maximum Gasteiger partial charge on any atom is 0.224 e. The molecule has 1 aromatic carbocycles. The summed E-state index contributed by atoms with van der Waals surface area (Å²) in [6.07, 6.45) is 4.18. The second-order valence-corrected chi connectivity index (χ2v) is 8.95. The molecule has 1 N–H and O–H groups in total. The summed E-state index contributed by atoms with van der Waals surface area (Å²) in [5.74, 6) is 1.53. The predicted octanol–water partition coefficient (Wildman–Crippen LogP) is 4.44. The predicted molar refractivity (Wildman–Crippen MR) is 129 cm³/mol. The number of rotatable bonds is 7. The normalized spacial score (nSPS) is 16.0. The van der Waals surface area contributed by atoms with Crippen LogP contribution in [-0.4, -0.2) is 40.7 Å². The van der Waals surface area contributed by atoms with Crippen molar-refractivity contribution < 1.29 is 9.21 Å². The summed E-state index contributed by atoms with van der Waals surface area (Å²) in [6.45, 7) is 2.11. The summed E-state index contributed by atoms with van der Waals surface area (Å²) < 4.78 is 5.37. The fourth-order valence-corrected chi connectivity index (χ4v) is 4.90.